The molecule has 11 heteroatoms. The van der Waals surface area contributed by atoms with E-state index in [2.05, 4.69) is 41.7 Å². The molecule has 8 nitrogen and oxygen atoms in total. The second kappa shape index (κ2) is 9.59. The van der Waals surface area contributed by atoms with Gasteiger partial charge in [0.05, 0.1) is 21.4 Å². The first-order valence-electron chi connectivity index (χ1n) is 9.16. The van der Waals surface area contributed by atoms with Crippen LogP contribution in [0.2, 0.25) is 5.02 Å². The lowest BCUT2D eigenvalue weighted by molar-refractivity contribution is -0.384. The molecule has 3 rings (SSSR count). The number of thiophene rings is 1. The standard InChI is InChI=1S/C19H20ClN5O3S2/c1-4-7-24-18(14-9-29-12(3)11(14)2)22-23-19(24)30-10-17(26)21-16-8-13(25(27)28)5-6-15(16)20/h5-6,8-9H,4,7,10H2,1-3H3,(H,21,26). The molecule has 1 amide bonds. The van der Waals surface area contributed by atoms with Crippen LogP contribution in [0, 0.1) is 24.0 Å². The van der Waals surface area contributed by atoms with Crippen molar-refractivity contribution in [3.63, 3.8) is 0 Å². The number of thioether (sulfide) groups is 1. The van der Waals surface area contributed by atoms with Gasteiger partial charge in [0.25, 0.3) is 5.69 Å². The summed E-state index contributed by atoms with van der Waals surface area (Å²) >= 11 is 8.98. The quantitative estimate of drug-likeness (QED) is 0.274. The number of aromatic nitrogens is 3. The number of halogens is 1. The van der Waals surface area contributed by atoms with E-state index in [0.29, 0.717) is 5.16 Å². The number of amides is 1. The summed E-state index contributed by atoms with van der Waals surface area (Å²) in [5, 5.41) is 25.2. The van der Waals surface area contributed by atoms with Crippen LogP contribution in [0.4, 0.5) is 11.4 Å². The number of hydrogen-bond acceptors (Lipinski definition) is 7. The Balaban J connectivity index is 1.74. The van der Waals surface area contributed by atoms with Gasteiger partial charge in [-0.25, -0.2) is 0 Å². The number of nitrogens with zero attached hydrogens (tertiary/aromatic N) is 4. The van der Waals surface area contributed by atoms with Crippen LogP contribution < -0.4 is 5.32 Å². The minimum Gasteiger partial charge on any atom is -0.324 e. The lowest BCUT2D eigenvalue weighted by Crippen LogP contribution is -2.15. The molecule has 1 N–H and O–H groups in total. The van der Waals surface area contributed by atoms with Gasteiger partial charge < -0.3 is 9.88 Å². The molecule has 0 atom stereocenters. The minimum absolute atomic E-state index is 0.0719. The van der Waals surface area contributed by atoms with Gasteiger partial charge in [-0.05, 0) is 31.9 Å². The zero-order chi connectivity index (χ0) is 21.8. The van der Waals surface area contributed by atoms with Gasteiger partial charge in [-0.2, -0.15) is 0 Å². The van der Waals surface area contributed by atoms with Crippen molar-refractivity contribution in [1.29, 1.82) is 0 Å². The number of carbonyl (C=O) groups excluding carboxylic acids is 1. The Kier molecular flexibility index (Phi) is 7.11. The second-order valence-corrected chi connectivity index (χ2v) is 8.98. The Labute approximate surface area is 186 Å². The molecule has 0 unspecified atom stereocenters. The zero-order valence-corrected chi connectivity index (χ0v) is 19.0. The maximum atomic E-state index is 12.4. The Morgan fingerprint density at radius 3 is 2.77 bits per heavy atom. The van der Waals surface area contributed by atoms with Crippen molar-refractivity contribution in [1.82, 2.24) is 14.8 Å². The van der Waals surface area contributed by atoms with Gasteiger partial charge in [-0.15, -0.1) is 21.5 Å². The molecular formula is C19H20ClN5O3S2. The normalized spacial score (nSPS) is 10.9. The molecule has 0 aliphatic carbocycles. The number of rotatable bonds is 8. The van der Waals surface area contributed by atoms with Gasteiger partial charge in [0.1, 0.15) is 0 Å². The van der Waals surface area contributed by atoms with Crippen LogP contribution in [-0.2, 0) is 11.3 Å². The zero-order valence-electron chi connectivity index (χ0n) is 16.6. The molecule has 2 aromatic heterocycles. The summed E-state index contributed by atoms with van der Waals surface area (Å²) in [4.78, 5) is 24.0. The van der Waals surface area contributed by atoms with Gasteiger partial charge >= 0.3 is 0 Å². The Hall–Kier alpha value is -2.43. The lowest BCUT2D eigenvalue weighted by atomic mass is 10.1. The molecule has 1 aromatic carbocycles. The highest BCUT2D eigenvalue weighted by Gasteiger charge is 2.19. The fourth-order valence-corrected chi connectivity index (χ4v) is 4.59. The summed E-state index contributed by atoms with van der Waals surface area (Å²) < 4.78 is 2.02. The minimum atomic E-state index is -0.538. The van der Waals surface area contributed by atoms with E-state index in [-0.39, 0.29) is 28.1 Å². The molecule has 158 valence electrons. The van der Waals surface area contributed by atoms with E-state index in [0.717, 1.165) is 24.4 Å². The number of anilines is 1. The lowest BCUT2D eigenvalue weighted by Gasteiger charge is -2.09. The number of non-ortho nitro benzene ring substituents is 1. The van der Waals surface area contributed by atoms with Crippen molar-refractivity contribution in [3.8, 4) is 11.4 Å². The van der Waals surface area contributed by atoms with Crippen LogP contribution in [0.15, 0.2) is 28.7 Å². The maximum Gasteiger partial charge on any atom is 0.271 e. The number of nitro groups is 1. The van der Waals surface area contributed by atoms with E-state index in [4.69, 9.17) is 11.6 Å². The third-order valence-electron chi connectivity index (χ3n) is 4.46. The molecule has 0 saturated heterocycles. The molecule has 0 radical (unpaired) electrons. The monoisotopic (exact) mass is 465 g/mol. The van der Waals surface area contributed by atoms with Crippen molar-refractivity contribution in [2.75, 3.05) is 11.1 Å². The topological polar surface area (TPSA) is 103 Å². The largest absolute Gasteiger partial charge is 0.324 e. The van der Waals surface area contributed by atoms with Crippen LogP contribution in [0.5, 0.6) is 0 Å². The predicted octanol–water partition coefficient (Wildman–Crippen LogP) is 5.33. The maximum absolute atomic E-state index is 12.4. The van der Waals surface area contributed by atoms with E-state index in [1.54, 1.807) is 11.3 Å². The van der Waals surface area contributed by atoms with Crippen molar-refractivity contribution < 1.29 is 9.72 Å². The van der Waals surface area contributed by atoms with Crippen LogP contribution >= 0.6 is 34.7 Å². The first kappa shape index (κ1) is 22.3. The summed E-state index contributed by atoms with van der Waals surface area (Å²) in [5.74, 6) is 0.531. The number of aryl methyl sites for hydroxylation is 1. The summed E-state index contributed by atoms with van der Waals surface area (Å²) in [7, 11) is 0. The van der Waals surface area contributed by atoms with E-state index >= 15 is 0 Å². The van der Waals surface area contributed by atoms with Crippen molar-refractivity contribution in [2.24, 2.45) is 0 Å². The number of benzene rings is 1. The average Bonchev–Trinajstić information content (AvgIpc) is 3.25. The first-order chi connectivity index (χ1) is 14.3. The summed E-state index contributed by atoms with van der Waals surface area (Å²) in [6.07, 6.45) is 0.899. The fraction of sp³-hybridized carbons (Fsp3) is 0.316. The van der Waals surface area contributed by atoms with Crippen molar-refractivity contribution in [2.45, 2.75) is 38.9 Å². The highest BCUT2D eigenvalue weighted by molar-refractivity contribution is 7.99. The van der Waals surface area contributed by atoms with E-state index in [1.165, 1.54) is 40.4 Å². The van der Waals surface area contributed by atoms with E-state index in [9.17, 15) is 14.9 Å². The molecule has 30 heavy (non-hydrogen) atoms. The van der Waals surface area contributed by atoms with Crippen LogP contribution in [0.1, 0.15) is 23.8 Å². The van der Waals surface area contributed by atoms with Crippen molar-refractivity contribution in [3.05, 3.63) is 49.2 Å². The number of hydrogen-bond donors (Lipinski definition) is 1. The van der Waals surface area contributed by atoms with Gasteiger partial charge in [-0.3, -0.25) is 14.9 Å². The molecule has 0 aliphatic heterocycles. The molecule has 2 heterocycles. The molecule has 0 spiro atoms. The smallest absolute Gasteiger partial charge is 0.271 e. The molecular weight excluding hydrogens is 446 g/mol. The third kappa shape index (κ3) is 4.82. The number of nitrogens with one attached hydrogen (secondary N) is 1. The highest BCUT2D eigenvalue weighted by Crippen LogP contribution is 2.32. The van der Waals surface area contributed by atoms with Gasteiger partial charge in [0, 0.05) is 34.5 Å². The predicted molar refractivity (Wildman–Crippen MR) is 121 cm³/mol. The summed E-state index contributed by atoms with van der Waals surface area (Å²) in [6, 6.07) is 3.91. The van der Waals surface area contributed by atoms with Gasteiger partial charge in [0.15, 0.2) is 11.0 Å². The van der Waals surface area contributed by atoms with Gasteiger partial charge in [0.2, 0.25) is 5.91 Å². The summed E-state index contributed by atoms with van der Waals surface area (Å²) in [6.45, 7) is 6.94. The fourth-order valence-electron chi connectivity index (χ4n) is 2.79. The highest BCUT2D eigenvalue weighted by atomic mass is 35.5. The Bertz CT molecular complexity index is 1100. The van der Waals surface area contributed by atoms with E-state index < -0.39 is 4.92 Å². The molecule has 0 bridgehead atoms. The average molecular weight is 466 g/mol. The SMILES string of the molecule is CCCn1c(SCC(=O)Nc2cc([N+](=O)[O-])ccc2Cl)nnc1-c1csc(C)c1C. The molecule has 0 aliphatic rings. The van der Waals surface area contributed by atoms with Gasteiger partial charge in [-0.1, -0.05) is 30.3 Å². The van der Waals surface area contributed by atoms with Crippen LogP contribution in [0.3, 0.4) is 0 Å². The van der Waals surface area contributed by atoms with Crippen LogP contribution in [-0.4, -0.2) is 31.3 Å². The molecule has 0 saturated carbocycles. The number of carbonyl (C=O) groups is 1. The van der Waals surface area contributed by atoms with E-state index in [1.807, 2.05) is 4.57 Å². The Morgan fingerprint density at radius 1 is 1.37 bits per heavy atom. The third-order valence-corrected chi connectivity index (χ3v) is 6.77. The second-order valence-electron chi connectivity index (χ2n) is 6.55. The Morgan fingerprint density at radius 2 is 2.13 bits per heavy atom. The summed E-state index contributed by atoms with van der Waals surface area (Å²) in [5.41, 5.74) is 2.30. The van der Waals surface area contributed by atoms with Crippen LogP contribution in [0.25, 0.3) is 11.4 Å². The molecule has 3 aromatic rings. The van der Waals surface area contributed by atoms with Crippen molar-refractivity contribution >= 4 is 52.0 Å². The number of nitro benzene ring substituents is 1. The molecule has 0 fully saturated rings. The first-order valence-corrected chi connectivity index (χ1v) is 11.4.